The van der Waals surface area contributed by atoms with E-state index in [1.165, 1.54) is 5.57 Å². The first kappa shape index (κ1) is 15.0. The molecule has 2 nitrogen and oxygen atoms in total. The molecule has 1 aromatic carbocycles. The van der Waals surface area contributed by atoms with Crippen molar-refractivity contribution >= 4 is 15.9 Å². The minimum Gasteiger partial charge on any atom is -0.223 e. The molecular formula is C19H20O2S. The highest BCUT2D eigenvalue weighted by molar-refractivity contribution is 7.95. The molecule has 0 spiro atoms. The molecule has 0 aromatic heterocycles. The van der Waals surface area contributed by atoms with E-state index in [2.05, 4.69) is 12.2 Å². The van der Waals surface area contributed by atoms with E-state index in [0.29, 0.717) is 10.8 Å². The second-order valence-corrected chi connectivity index (χ2v) is 7.79. The smallest absolute Gasteiger partial charge is 0.181 e. The number of rotatable bonds is 4. The van der Waals surface area contributed by atoms with Crippen LogP contribution in [-0.4, -0.2) is 14.2 Å². The monoisotopic (exact) mass is 312 g/mol. The Morgan fingerprint density at radius 1 is 1.18 bits per heavy atom. The molecule has 0 radical (unpaired) electrons. The molecule has 0 aliphatic heterocycles. The molecular weight excluding hydrogens is 292 g/mol. The van der Waals surface area contributed by atoms with Crippen LogP contribution in [0, 0.1) is 5.92 Å². The van der Waals surface area contributed by atoms with Gasteiger partial charge in [-0.15, -0.1) is 0 Å². The lowest BCUT2D eigenvalue weighted by molar-refractivity contribution is 0.562. The third-order valence-corrected chi connectivity index (χ3v) is 5.79. The van der Waals surface area contributed by atoms with Crippen molar-refractivity contribution in [1.82, 2.24) is 0 Å². The maximum atomic E-state index is 12.5. The molecule has 1 aromatic rings. The predicted octanol–water partition coefficient (Wildman–Crippen LogP) is 4.29. The van der Waals surface area contributed by atoms with Crippen LogP contribution in [0.5, 0.6) is 0 Å². The highest BCUT2D eigenvalue weighted by atomic mass is 32.2. The van der Waals surface area contributed by atoms with Crippen LogP contribution < -0.4 is 0 Å². The van der Waals surface area contributed by atoms with E-state index in [0.717, 1.165) is 24.8 Å². The molecule has 2 aliphatic carbocycles. The van der Waals surface area contributed by atoms with Gasteiger partial charge in [-0.3, -0.25) is 0 Å². The Kier molecular flexibility index (Phi) is 4.44. The third-order valence-electron chi connectivity index (χ3n) is 4.16. The van der Waals surface area contributed by atoms with Crippen molar-refractivity contribution in [3.8, 4) is 0 Å². The van der Waals surface area contributed by atoms with Crippen LogP contribution in [-0.2, 0) is 9.84 Å². The van der Waals surface area contributed by atoms with Gasteiger partial charge < -0.3 is 0 Å². The van der Waals surface area contributed by atoms with Gasteiger partial charge in [-0.1, -0.05) is 60.7 Å². The Labute approximate surface area is 132 Å². The van der Waals surface area contributed by atoms with Crippen molar-refractivity contribution in [2.24, 2.45) is 5.92 Å². The molecule has 3 heteroatoms. The quantitative estimate of drug-likeness (QED) is 0.831. The van der Waals surface area contributed by atoms with E-state index < -0.39 is 9.84 Å². The van der Waals surface area contributed by atoms with Gasteiger partial charge in [0.2, 0.25) is 0 Å². The average Bonchev–Trinajstić information content (AvgIpc) is 2.55. The maximum Gasteiger partial charge on any atom is 0.181 e. The first-order valence-corrected chi connectivity index (χ1v) is 9.33. The Morgan fingerprint density at radius 2 is 2.00 bits per heavy atom. The van der Waals surface area contributed by atoms with E-state index in [-0.39, 0.29) is 5.75 Å². The largest absolute Gasteiger partial charge is 0.223 e. The van der Waals surface area contributed by atoms with Gasteiger partial charge in [0.15, 0.2) is 9.84 Å². The molecule has 0 bridgehead atoms. The zero-order valence-corrected chi connectivity index (χ0v) is 13.3. The van der Waals surface area contributed by atoms with Crippen molar-refractivity contribution in [2.45, 2.75) is 19.3 Å². The summed E-state index contributed by atoms with van der Waals surface area (Å²) < 4.78 is 24.9. The highest BCUT2D eigenvalue weighted by Crippen LogP contribution is 2.33. The third kappa shape index (κ3) is 3.47. The summed E-state index contributed by atoms with van der Waals surface area (Å²) in [6, 6.07) is 9.75. The summed E-state index contributed by atoms with van der Waals surface area (Å²) in [6.07, 6.45) is 14.6. The Bertz CT molecular complexity index is 750. The second kappa shape index (κ2) is 6.49. The molecule has 0 saturated carbocycles. The van der Waals surface area contributed by atoms with E-state index in [9.17, 15) is 8.42 Å². The van der Waals surface area contributed by atoms with E-state index in [1.807, 2.05) is 48.6 Å². The first-order valence-electron chi connectivity index (χ1n) is 7.68. The molecule has 1 atom stereocenters. The van der Waals surface area contributed by atoms with E-state index in [4.69, 9.17) is 0 Å². The van der Waals surface area contributed by atoms with Gasteiger partial charge in [-0.25, -0.2) is 8.42 Å². The zero-order chi connectivity index (χ0) is 15.4. The fourth-order valence-electron chi connectivity index (χ4n) is 2.91. The molecule has 0 saturated heterocycles. The number of benzene rings is 1. The van der Waals surface area contributed by atoms with Gasteiger partial charge in [-0.2, -0.15) is 0 Å². The summed E-state index contributed by atoms with van der Waals surface area (Å²) in [5.74, 6) is 0.551. The van der Waals surface area contributed by atoms with Crippen molar-refractivity contribution < 1.29 is 8.42 Å². The molecule has 0 N–H and O–H groups in total. The van der Waals surface area contributed by atoms with Crippen molar-refractivity contribution in [3.63, 3.8) is 0 Å². The number of fused-ring (bicyclic) bond motifs is 1. The lowest BCUT2D eigenvalue weighted by Crippen LogP contribution is -2.14. The molecule has 22 heavy (non-hydrogen) atoms. The van der Waals surface area contributed by atoms with Gasteiger partial charge in [0.1, 0.15) is 0 Å². The number of allylic oxidation sites excluding steroid dienone is 5. The van der Waals surface area contributed by atoms with Gasteiger partial charge in [0.25, 0.3) is 0 Å². The van der Waals surface area contributed by atoms with Crippen molar-refractivity contribution in [2.75, 3.05) is 5.75 Å². The summed E-state index contributed by atoms with van der Waals surface area (Å²) in [5, 5.41) is 0. The Balaban J connectivity index is 1.72. The van der Waals surface area contributed by atoms with Crippen molar-refractivity contribution in [1.29, 1.82) is 0 Å². The average molecular weight is 312 g/mol. The molecule has 0 fully saturated rings. The van der Waals surface area contributed by atoms with Crippen LogP contribution in [0.4, 0.5) is 0 Å². The minimum absolute atomic E-state index is 0.0475. The van der Waals surface area contributed by atoms with Crippen molar-refractivity contribution in [3.05, 3.63) is 76.8 Å². The highest BCUT2D eigenvalue weighted by Gasteiger charge is 2.23. The summed E-state index contributed by atoms with van der Waals surface area (Å²) in [5.41, 5.74) is 2.18. The molecule has 1 unspecified atom stereocenters. The Morgan fingerprint density at radius 3 is 2.82 bits per heavy atom. The summed E-state index contributed by atoms with van der Waals surface area (Å²) in [4.78, 5) is 0.475. The number of sulfone groups is 1. The van der Waals surface area contributed by atoms with Crippen LogP contribution in [0.3, 0.4) is 0 Å². The van der Waals surface area contributed by atoms with Crippen LogP contribution in [0.15, 0.2) is 71.2 Å². The molecule has 3 rings (SSSR count). The van der Waals surface area contributed by atoms with Crippen LogP contribution in [0.25, 0.3) is 6.08 Å². The maximum absolute atomic E-state index is 12.5. The van der Waals surface area contributed by atoms with E-state index in [1.54, 1.807) is 6.08 Å². The molecule has 2 aliphatic rings. The first-order chi connectivity index (χ1) is 10.6. The minimum atomic E-state index is -3.24. The number of hydrogen-bond acceptors (Lipinski definition) is 2. The van der Waals surface area contributed by atoms with Crippen LogP contribution >= 0.6 is 0 Å². The zero-order valence-electron chi connectivity index (χ0n) is 12.5. The SMILES string of the molecule is O=S(=O)(CC=Cc1ccccc1)C1=CCC2CCC=CC2=C1. The van der Waals surface area contributed by atoms with Crippen LogP contribution in [0.2, 0.25) is 0 Å². The molecule has 0 heterocycles. The van der Waals surface area contributed by atoms with Crippen LogP contribution in [0.1, 0.15) is 24.8 Å². The fraction of sp³-hybridized carbons (Fsp3) is 0.263. The summed E-state index contributed by atoms with van der Waals surface area (Å²) >= 11 is 0. The lowest BCUT2D eigenvalue weighted by Gasteiger charge is -2.24. The standard InChI is InChI=1S/C19H20O2S/c20-22(21,14-6-9-16-7-2-1-3-8-16)19-13-12-17-10-4-5-11-18(17)15-19/h1-3,5-9,11,13,15,17H,4,10,12,14H2. The van der Waals surface area contributed by atoms with Gasteiger partial charge in [0.05, 0.1) is 10.7 Å². The summed E-state index contributed by atoms with van der Waals surface area (Å²) in [7, 11) is -3.24. The van der Waals surface area contributed by atoms with Gasteiger partial charge in [-0.05, 0) is 42.4 Å². The lowest BCUT2D eigenvalue weighted by atomic mass is 9.84. The van der Waals surface area contributed by atoms with E-state index >= 15 is 0 Å². The normalized spacial score (nSPS) is 21.4. The molecule has 114 valence electrons. The van der Waals surface area contributed by atoms with Gasteiger partial charge >= 0.3 is 0 Å². The Hall–Kier alpha value is -1.87. The predicted molar refractivity (Wildman–Crippen MR) is 91.9 cm³/mol. The van der Waals surface area contributed by atoms with Gasteiger partial charge in [0, 0.05) is 0 Å². The topological polar surface area (TPSA) is 34.1 Å². The summed E-state index contributed by atoms with van der Waals surface area (Å²) in [6.45, 7) is 0. The number of hydrogen-bond donors (Lipinski definition) is 0. The second-order valence-electron chi connectivity index (χ2n) is 5.76. The molecule has 0 amide bonds. The fourth-order valence-corrected chi connectivity index (χ4v) is 4.12.